The first-order valence-corrected chi connectivity index (χ1v) is 9.22. The van der Waals surface area contributed by atoms with Crippen molar-refractivity contribution in [3.05, 3.63) is 76.3 Å². The molecule has 1 N–H and O–H groups in total. The minimum atomic E-state index is -0.0598. The molecule has 6 nitrogen and oxygen atoms in total. The molecular weight excluding hydrogens is 376 g/mol. The quantitative estimate of drug-likeness (QED) is 0.706. The lowest BCUT2D eigenvalue weighted by atomic mass is 10.1. The Kier molecular flexibility index (Phi) is 4.88. The molecule has 0 atom stereocenters. The van der Waals surface area contributed by atoms with Gasteiger partial charge in [0, 0.05) is 31.1 Å². The van der Waals surface area contributed by atoms with Crippen LogP contribution in [0.4, 0.5) is 11.4 Å². The summed E-state index contributed by atoms with van der Waals surface area (Å²) in [6.07, 6.45) is 2.34. The molecule has 1 aliphatic heterocycles. The number of nitrogens with one attached hydrogen (secondary N) is 1. The van der Waals surface area contributed by atoms with Gasteiger partial charge in [-0.3, -0.25) is 14.8 Å². The summed E-state index contributed by atoms with van der Waals surface area (Å²) in [5, 5.41) is 3.82. The van der Waals surface area contributed by atoms with Gasteiger partial charge in [0.25, 0.3) is 5.91 Å². The van der Waals surface area contributed by atoms with Crippen molar-refractivity contribution in [2.24, 2.45) is 0 Å². The number of methoxy groups -OCH3 is 1. The topological polar surface area (TPSA) is 67.3 Å². The summed E-state index contributed by atoms with van der Waals surface area (Å²) in [4.78, 5) is 23.4. The van der Waals surface area contributed by atoms with E-state index in [1.54, 1.807) is 31.3 Å². The van der Waals surface area contributed by atoms with E-state index >= 15 is 0 Å². The van der Waals surface area contributed by atoms with Crippen LogP contribution < -0.4 is 10.1 Å². The number of nitrogens with zero attached hydrogens (tertiary/aromatic N) is 3. The fraction of sp³-hybridized carbons (Fsp3) is 0.190. The van der Waals surface area contributed by atoms with E-state index in [9.17, 15) is 4.79 Å². The Morgan fingerprint density at radius 1 is 1.18 bits per heavy atom. The van der Waals surface area contributed by atoms with Gasteiger partial charge in [-0.2, -0.15) is 0 Å². The van der Waals surface area contributed by atoms with Crippen LogP contribution in [-0.2, 0) is 13.0 Å². The van der Waals surface area contributed by atoms with Gasteiger partial charge in [-0.15, -0.1) is 0 Å². The molecule has 4 rings (SSSR count). The van der Waals surface area contributed by atoms with Gasteiger partial charge in [-0.05, 0) is 30.3 Å². The van der Waals surface area contributed by atoms with Crippen molar-refractivity contribution < 1.29 is 9.53 Å². The van der Waals surface area contributed by atoms with Gasteiger partial charge in [0.15, 0.2) is 5.75 Å². The fourth-order valence-corrected chi connectivity index (χ4v) is 3.59. The lowest BCUT2D eigenvalue weighted by molar-refractivity contribution is 0.0817. The largest absolute Gasteiger partial charge is 0.493 e. The number of rotatable bonds is 5. The summed E-state index contributed by atoms with van der Waals surface area (Å²) in [6.45, 7) is 0.478. The molecule has 0 aliphatic carbocycles. The number of hydrogen-bond acceptors (Lipinski definition) is 5. The highest BCUT2D eigenvalue weighted by molar-refractivity contribution is 6.32. The second-order valence-electron chi connectivity index (χ2n) is 6.59. The van der Waals surface area contributed by atoms with Crippen molar-refractivity contribution in [1.82, 2.24) is 14.9 Å². The molecule has 2 aromatic heterocycles. The number of amides is 1. The SMILES string of the molecule is COc1c(Cl)cccc1Nc1cc(Cc2ccccn2)nc2c1C(=O)N(C)C2. The van der Waals surface area contributed by atoms with Crippen molar-refractivity contribution in [2.75, 3.05) is 19.5 Å². The summed E-state index contributed by atoms with van der Waals surface area (Å²) in [6, 6.07) is 13.1. The van der Waals surface area contributed by atoms with Crippen molar-refractivity contribution in [3.63, 3.8) is 0 Å². The molecule has 3 heterocycles. The highest BCUT2D eigenvalue weighted by Gasteiger charge is 2.30. The average molecular weight is 395 g/mol. The number of halogens is 1. The van der Waals surface area contributed by atoms with Crippen LogP contribution in [0.2, 0.25) is 5.02 Å². The standard InChI is InChI=1S/C21H19ClN4O2/c1-26-12-18-19(21(26)27)17(25-16-8-5-7-15(22)20(16)28-2)11-14(24-18)10-13-6-3-4-9-23-13/h3-9,11H,10,12H2,1-2H3,(H,24,25). The van der Waals surface area contributed by atoms with Gasteiger partial charge in [-0.1, -0.05) is 23.7 Å². The first-order valence-electron chi connectivity index (χ1n) is 8.84. The molecule has 1 aliphatic rings. The zero-order chi connectivity index (χ0) is 19.7. The zero-order valence-electron chi connectivity index (χ0n) is 15.6. The van der Waals surface area contributed by atoms with Crippen molar-refractivity contribution in [2.45, 2.75) is 13.0 Å². The molecule has 0 fully saturated rings. The molecule has 0 unspecified atom stereocenters. The van der Waals surface area contributed by atoms with Gasteiger partial charge in [0.2, 0.25) is 0 Å². The summed E-state index contributed by atoms with van der Waals surface area (Å²) < 4.78 is 5.43. The van der Waals surface area contributed by atoms with Crippen molar-refractivity contribution in [1.29, 1.82) is 0 Å². The van der Waals surface area contributed by atoms with Crippen LogP contribution in [0, 0.1) is 0 Å². The van der Waals surface area contributed by atoms with Crippen LogP contribution in [0.1, 0.15) is 27.4 Å². The predicted molar refractivity (Wildman–Crippen MR) is 108 cm³/mol. The van der Waals surface area contributed by atoms with E-state index in [4.69, 9.17) is 21.3 Å². The van der Waals surface area contributed by atoms with Crippen LogP contribution in [0.3, 0.4) is 0 Å². The Morgan fingerprint density at radius 2 is 2.04 bits per heavy atom. The zero-order valence-corrected chi connectivity index (χ0v) is 16.3. The number of anilines is 2. The Bertz CT molecular complexity index is 1040. The van der Waals surface area contributed by atoms with E-state index in [2.05, 4.69) is 10.3 Å². The minimum absolute atomic E-state index is 0.0598. The number of aromatic nitrogens is 2. The first-order chi connectivity index (χ1) is 13.6. The van der Waals surface area contributed by atoms with E-state index < -0.39 is 0 Å². The number of carbonyl (C=O) groups excluding carboxylic acids is 1. The number of benzene rings is 1. The molecule has 28 heavy (non-hydrogen) atoms. The maximum absolute atomic E-state index is 12.7. The van der Waals surface area contributed by atoms with E-state index in [0.717, 1.165) is 17.1 Å². The Morgan fingerprint density at radius 3 is 2.79 bits per heavy atom. The highest BCUT2D eigenvalue weighted by atomic mass is 35.5. The Hall–Kier alpha value is -3.12. The van der Waals surface area contributed by atoms with Gasteiger partial charge < -0.3 is 15.0 Å². The molecule has 142 valence electrons. The summed E-state index contributed by atoms with van der Waals surface area (Å²) >= 11 is 6.24. The maximum Gasteiger partial charge on any atom is 0.257 e. The molecule has 0 radical (unpaired) electrons. The third-order valence-corrected chi connectivity index (χ3v) is 4.92. The summed E-state index contributed by atoms with van der Waals surface area (Å²) in [7, 11) is 3.33. The normalized spacial score (nSPS) is 12.8. The predicted octanol–water partition coefficient (Wildman–Crippen LogP) is 4.06. The second-order valence-corrected chi connectivity index (χ2v) is 6.99. The fourth-order valence-electron chi connectivity index (χ4n) is 3.33. The molecule has 0 saturated carbocycles. The van der Waals surface area contributed by atoms with Gasteiger partial charge >= 0.3 is 0 Å². The Balaban J connectivity index is 1.77. The number of para-hydroxylation sites is 1. The Labute approximate surface area is 168 Å². The summed E-state index contributed by atoms with van der Waals surface area (Å²) in [5.74, 6) is 0.468. The van der Waals surface area contributed by atoms with E-state index in [1.165, 1.54) is 0 Å². The third kappa shape index (κ3) is 3.39. The molecule has 1 amide bonds. The smallest absolute Gasteiger partial charge is 0.257 e. The number of pyridine rings is 2. The van der Waals surface area contributed by atoms with E-state index in [-0.39, 0.29) is 5.91 Å². The highest BCUT2D eigenvalue weighted by Crippen LogP contribution is 2.37. The van der Waals surface area contributed by atoms with Gasteiger partial charge in [-0.25, -0.2) is 0 Å². The lowest BCUT2D eigenvalue weighted by Gasteiger charge is -2.15. The van der Waals surface area contributed by atoms with Gasteiger partial charge in [0.05, 0.1) is 41.3 Å². The van der Waals surface area contributed by atoms with Crippen LogP contribution in [-0.4, -0.2) is 34.9 Å². The first kappa shape index (κ1) is 18.3. The van der Waals surface area contributed by atoms with Crippen LogP contribution in [0.5, 0.6) is 5.75 Å². The van der Waals surface area contributed by atoms with Gasteiger partial charge in [0.1, 0.15) is 0 Å². The molecule has 1 aromatic carbocycles. The number of ether oxygens (including phenoxy) is 1. The average Bonchev–Trinajstić information content (AvgIpc) is 2.97. The molecule has 3 aromatic rings. The maximum atomic E-state index is 12.7. The number of hydrogen-bond donors (Lipinski definition) is 1. The van der Waals surface area contributed by atoms with E-state index in [1.807, 2.05) is 36.4 Å². The van der Waals surface area contributed by atoms with Crippen LogP contribution >= 0.6 is 11.6 Å². The molecule has 7 heteroatoms. The van der Waals surface area contributed by atoms with Crippen LogP contribution in [0.15, 0.2) is 48.7 Å². The van der Waals surface area contributed by atoms with Crippen LogP contribution in [0.25, 0.3) is 0 Å². The third-order valence-electron chi connectivity index (χ3n) is 4.62. The van der Waals surface area contributed by atoms with Crippen molar-refractivity contribution in [3.8, 4) is 5.75 Å². The lowest BCUT2D eigenvalue weighted by Crippen LogP contribution is -2.18. The molecule has 0 saturated heterocycles. The van der Waals surface area contributed by atoms with Crippen molar-refractivity contribution >= 4 is 28.9 Å². The molecular formula is C21H19ClN4O2. The number of fused-ring (bicyclic) bond motifs is 1. The van der Waals surface area contributed by atoms with E-state index in [0.29, 0.717) is 40.7 Å². The monoisotopic (exact) mass is 394 g/mol. The molecule has 0 spiro atoms. The molecule has 0 bridgehead atoms. The second kappa shape index (κ2) is 7.48. The number of carbonyl (C=O) groups is 1. The minimum Gasteiger partial charge on any atom is -0.493 e. The summed E-state index contributed by atoms with van der Waals surface area (Å²) in [5.41, 5.74) is 4.46.